The second kappa shape index (κ2) is 9.55. The maximum atomic E-state index is 14.6. The Bertz CT molecular complexity index is 1780. The van der Waals surface area contributed by atoms with Crippen molar-refractivity contribution in [2.45, 2.75) is 6.18 Å². The molecule has 0 saturated heterocycles. The van der Waals surface area contributed by atoms with Crippen molar-refractivity contribution in [2.24, 2.45) is 7.05 Å². The number of urea groups is 1. The van der Waals surface area contributed by atoms with Gasteiger partial charge >= 0.3 is 12.2 Å². The van der Waals surface area contributed by atoms with E-state index in [1.165, 1.54) is 48.1 Å². The first-order chi connectivity index (χ1) is 18.5. The van der Waals surface area contributed by atoms with Gasteiger partial charge in [-0.15, -0.1) is 0 Å². The number of anilines is 3. The number of fused-ring (bicyclic) bond motifs is 1. The molecule has 10 nitrogen and oxygen atoms in total. The highest BCUT2D eigenvalue weighted by Crippen LogP contribution is 2.31. The molecule has 3 aromatic heterocycles. The number of aromatic nitrogens is 5. The lowest BCUT2D eigenvalue weighted by Crippen LogP contribution is -2.22. The molecule has 2 aromatic carbocycles. The minimum atomic E-state index is -4.77. The van der Waals surface area contributed by atoms with Crippen LogP contribution in [-0.4, -0.2) is 30.3 Å². The highest BCUT2D eigenvalue weighted by Gasteiger charge is 2.35. The van der Waals surface area contributed by atoms with Crippen LogP contribution in [0, 0.1) is 5.82 Å². The zero-order valence-electron chi connectivity index (χ0n) is 20.0. The third kappa shape index (κ3) is 4.99. The van der Waals surface area contributed by atoms with Crippen molar-refractivity contribution >= 4 is 34.5 Å². The number of halogens is 4. The van der Waals surface area contributed by atoms with E-state index in [4.69, 9.17) is 5.73 Å². The number of carbonyl (C=O) groups excluding carboxylic acids is 1. The molecular formula is C25H18F4N8O2. The Hall–Kier alpha value is -5.27. The lowest BCUT2D eigenvalue weighted by atomic mass is 10.1. The molecule has 0 aliphatic carbocycles. The van der Waals surface area contributed by atoms with Crippen LogP contribution < -0.4 is 21.9 Å². The van der Waals surface area contributed by atoms with Crippen molar-refractivity contribution in [1.29, 1.82) is 0 Å². The minimum Gasteiger partial charge on any atom is -0.368 e. The van der Waals surface area contributed by atoms with Crippen LogP contribution in [0.4, 0.5) is 39.8 Å². The first-order valence-corrected chi connectivity index (χ1v) is 11.2. The summed E-state index contributed by atoms with van der Waals surface area (Å²) in [6.07, 6.45) is -3.34. The molecule has 0 bridgehead atoms. The quantitative estimate of drug-likeness (QED) is 0.287. The number of nitrogen functional groups attached to an aromatic ring is 1. The van der Waals surface area contributed by atoms with Crippen LogP contribution >= 0.6 is 0 Å². The Morgan fingerprint density at radius 2 is 1.77 bits per heavy atom. The van der Waals surface area contributed by atoms with Gasteiger partial charge in [-0.3, -0.25) is 14.7 Å². The normalized spacial score (nSPS) is 11.5. The number of amides is 2. The number of hydrogen-bond donors (Lipinski definition) is 3. The maximum Gasteiger partial charge on any atom is 0.435 e. The van der Waals surface area contributed by atoms with Gasteiger partial charge in [0.25, 0.3) is 5.56 Å². The van der Waals surface area contributed by atoms with Crippen LogP contribution in [0.2, 0.25) is 0 Å². The van der Waals surface area contributed by atoms with Crippen LogP contribution in [0.5, 0.6) is 0 Å². The molecule has 0 unspecified atom stereocenters. The number of alkyl halides is 3. The smallest absolute Gasteiger partial charge is 0.368 e. The molecule has 4 N–H and O–H groups in total. The topological polar surface area (TPSA) is 133 Å². The van der Waals surface area contributed by atoms with E-state index in [0.717, 1.165) is 10.7 Å². The fourth-order valence-corrected chi connectivity index (χ4v) is 3.90. The van der Waals surface area contributed by atoms with E-state index >= 15 is 0 Å². The summed E-state index contributed by atoms with van der Waals surface area (Å²) in [5, 5.41) is 8.60. The molecular weight excluding hydrogens is 520 g/mol. The van der Waals surface area contributed by atoms with Crippen LogP contribution in [0.15, 0.2) is 71.7 Å². The first-order valence-electron chi connectivity index (χ1n) is 11.2. The number of para-hydroxylation sites is 1. The average molecular weight is 538 g/mol. The molecule has 39 heavy (non-hydrogen) atoms. The van der Waals surface area contributed by atoms with Gasteiger partial charge in [0.2, 0.25) is 5.95 Å². The summed E-state index contributed by atoms with van der Waals surface area (Å²) in [6.45, 7) is 0. The van der Waals surface area contributed by atoms with Crippen LogP contribution in [0.1, 0.15) is 5.69 Å². The van der Waals surface area contributed by atoms with E-state index in [1.807, 2.05) is 0 Å². The van der Waals surface area contributed by atoms with E-state index in [0.29, 0.717) is 17.1 Å². The summed E-state index contributed by atoms with van der Waals surface area (Å²) >= 11 is 0. The van der Waals surface area contributed by atoms with Gasteiger partial charge in [0.15, 0.2) is 5.69 Å². The van der Waals surface area contributed by atoms with Crippen LogP contribution in [0.3, 0.4) is 0 Å². The molecule has 0 atom stereocenters. The van der Waals surface area contributed by atoms with Gasteiger partial charge in [-0.05, 0) is 35.9 Å². The number of nitrogens with zero attached hydrogens (tertiary/aromatic N) is 5. The number of pyridine rings is 1. The largest absolute Gasteiger partial charge is 0.435 e. The summed E-state index contributed by atoms with van der Waals surface area (Å²) in [5.74, 6) is -1.15. The van der Waals surface area contributed by atoms with E-state index in [2.05, 4.69) is 25.7 Å². The monoisotopic (exact) mass is 538 g/mol. The van der Waals surface area contributed by atoms with Crippen molar-refractivity contribution in [3.8, 4) is 16.8 Å². The summed E-state index contributed by atoms with van der Waals surface area (Å²) in [7, 11) is 1.49. The second-order valence-electron chi connectivity index (χ2n) is 8.36. The van der Waals surface area contributed by atoms with Gasteiger partial charge < -0.3 is 11.1 Å². The molecule has 3 heterocycles. The zero-order valence-corrected chi connectivity index (χ0v) is 20.0. The highest BCUT2D eigenvalue weighted by molar-refractivity contribution is 6.00. The summed E-state index contributed by atoms with van der Waals surface area (Å²) in [5.41, 5.74) is 4.58. The number of nitrogens with one attached hydrogen (secondary N) is 2. The standard InChI is InChI=1S/C25H18F4N8O2/c1-36-21-14(12-31-23(30)34-21)9-16(22(36)38)13-7-8-17(26)18(10-13)32-24(39)33-20-11-19(25(27,28)29)35-37(20)15-5-3-2-4-6-15/h2-12H,1H3,(H2,30,31,34)(H2,32,33,39). The molecule has 0 aliphatic heterocycles. The number of rotatable bonds is 4. The molecule has 14 heteroatoms. The highest BCUT2D eigenvalue weighted by atomic mass is 19.4. The maximum absolute atomic E-state index is 14.6. The van der Waals surface area contributed by atoms with Crippen LogP contribution in [0.25, 0.3) is 27.8 Å². The Balaban J connectivity index is 1.47. The zero-order chi connectivity index (χ0) is 27.9. The molecule has 5 aromatic rings. The van der Waals surface area contributed by atoms with Gasteiger partial charge in [-0.1, -0.05) is 24.3 Å². The lowest BCUT2D eigenvalue weighted by Gasteiger charge is -2.12. The average Bonchev–Trinajstić information content (AvgIpc) is 3.33. The summed E-state index contributed by atoms with van der Waals surface area (Å²) in [6, 6.07) is 12.6. The molecule has 2 amide bonds. The predicted molar refractivity (Wildman–Crippen MR) is 136 cm³/mol. The molecule has 5 rings (SSSR count). The van der Waals surface area contributed by atoms with Crippen molar-refractivity contribution in [3.05, 3.63) is 88.7 Å². The molecule has 0 fully saturated rings. The number of benzene rings is 2. The Morgan fingerprint density at radius 1 is 1.03 bits per heavy atom. The lowest BCUT2D eigenvalue weighted by molar-refractivity contribution is -0.141. The van der Waals surface area contributed by atoms with Crippen molar-refractivity contribution < 1.29 is 22.4 Å². The van der Waals surface area contributed by atoms with Gasteiger partial charge in [-0.2, -0.15) is 23.3 Å². The van der Waals surface area contributed by atoms with E-state index in [1.54, 1.807) is 18.2 Å². The number of carbonyl (C=O) groups is 1. The Morgan fingerprint density at radius 3 is 2.49 bits per heavy atom. The van der Waals surface area contributed by atoms with Gasteiger partial charge in [0, 0.05) is 30.3 Å². The fourth-order valence-electron chi connectivity index (χ4n) is 3.90. The fraction of sp³-hybridized carbons (Fsp3) is 0.0800. The summed E-state index contributed by atoms with van der Waals surface area (Å²) in [4.78, 5) is 33.7. The molecule has 0 radical (unpaired) electrons. The Kier molecular flexibility index (Phi) is 6.22. The molecule has 0 aliphatic rings. The Labute approximate surface area is 216 Å². The number of hydrogen-bond acceptors (Lipinski definition) is 6. The van der Waals surface area contributed by atoms with Gasteiger partial charge in [0.05, 0.1) is 11.4 Å². The minimum absolute atomic E-state index is 0.0134. The van der Waals surface area contributed by atoms with Crippen LogP contribution in [-0.2, 0) is 13.2 Å². The molecule has 198 valence electrons. The van der Waals surface area contributed by atoms with E-state index in [9.17, 15) is 27.2 Å². The van der Waals surface area contributed by atoms with Gasteiger partial charge in [0.1, 0.15) is 17.3 Å². The molecule has 0 spiro atoms. The van der Waals surface area contributed by atoms with Crippen molar-refractivity contribution in [2.75, 3.05) is 16.4 Å². The summed E-state index contributed by atoms with van der Waals surface area (Å²) < 4.78 is 56.8. The predicted octanol–water partition coefficient (Wildman–Crippen LogP) is 4.57. The van der Waals surface area contributed by atoms with Crippen molar-refractivity contribution in [1.82, 2.24) is 24.3 Å². The van der Waals surface area contributed by atoms with E-state index in [-0.39, 0.29) is 34.3 Å². The van der Waals surface area contributed by atoms with E-state index < -0.39 is 29.3 Å². The molecule has 0 saturated carbocycles. The third-order valence-corrected chi connectivity index (χ3v) is 5.73. The SMILES string of the molecule is Cn1c(=O)c(-c2ccc(F)c(NC(=O)Nc3cc(C(F)(F)F)nn3-c3ccccc3)c2)cc2cnc(N)nc21. The number of nitrogens with two attached hydrogens (primary N) is 1. The van der Waals surface area contributed by atoms with Gasteiger partial charge in [-0.25, -0.2) is 18.9 Å². The third-order valence-electron chi connectivity index (χ3n) is 5.73. The second-order valence-corrected chi connectivity index (χ2v) is 8.36. The first kappa shape index (κ1) is 25.4. The van der Waals surface area contributed by atoms with Crippen molar-refractivity contribution in [3.63, 3.8) is 0 Å². The number of aryl methyl sites for hydroxylation is 1.